The smallest absolute Gasteiger partial charge is 0.390 e. The molecule has 0 radical (unpaired) electrons. The number of esters is 1. The molecule has 23 heteroatoms. The van der Waals surface area contributed by atoms with Crippen LogP contribution in [0.5, 0.6) is 17.2 Å². The van der Waals surface area contributed by atoms with Crippen LogP contribution in [-0.2, 0) is 49.3 Å². The number of allylic oxidation sites excluding steroid dienone is 2. The molecule has 332 valence electrons. The molecule has 0 aliphatic carbocycles. The number of carboxylic acids is 4. The lowest BCUT2D eigenvalue weighted by Gasteiger charge is -2.46. The molecule has 6 rings (SSSR count). The normalized spacial score (nSPS) is 32.2. The van der Waals surface area contributed by atoms with Gasteiger partial charge in [0.25, 0.3) is 0 Å². The zero-order valence-corrected chi connectivity index (χ0v) is 31.8. The molecule has 2 aromatic rings. The summed E-state index contributed by atoms with van der Waals surface area (Å²) in [7, 11) is 0. The number of hydrogen-bond donors (Lipinski definition) is 8. The summed E-state index contributed by atoms with van der Waals surface area (Å²) >= 11 is 0. The third-order valence-corrected chi connectivity index (χ3v) is 10.3. The number of aliphatic hydroxyl groups excluding tert-OH is 5. The highest BCUT2D eigenvalue weighted by Gasteiger charge is 2.53. The maximum Gasteiger partial charge on any atom is 0.390 e. The number of nitrogens with zero attached hydrogens (tertiary/aromatic N) is 1. The predicted octanol–water partition coefficient (Wildman–Crippen LogP) is -8.14. The molecule has 62 heavy (non-hydrogen) atoms. The number of phenols is 1. The summed E-state index contributed by atoms with van der Waals surface area (Å²) < 4.78 is 28.9. The zero-order chi connectivity index (χ0) is 45.2. The number of ether oxygens (including phenoxy) is 5. The van der Waals surface area contributed by atoms with Crippen LogP contribution in [0.25, 0.3) is 6.08 Å². The number of carboxylic acid groups (broad SMARTS) is 4. The van der Waals surface area contributed by atoms with E-state index in [0.29, 0.717) is 5.56 Å². The molecule has 0 aromatic heterocycles. The first kappa shape index (κ1) is 45.3. The summed E-state index contributed by atoms with van der Waals surface area (Å²) in [6.07, 6.45) is -15.7. The summed E-state index contributed by atoms with van der Waals surface area (Å²) in [5.41, 5.74) is 0.390. The molecule has 2 aromatic carbocycles. The maximum absolute atomic E-state index is 13.6. The highest BCUT2D eigenvalue weighted by atomic mass is 16.8. The molecule has 12 atom stereocenters. The first-order valence-corrected chi connectivity index (χ1v) is 18.6. The Morgan fingerprint density at radius 3 is 2.19 bits per heavy atom. The Morgan fingerprint density at radius 2 is 1.56 bits per heavy atom. The fourth-order valence-corrected chi connectivity index (χ4v) is 7.12. The van der Waals surface area contributed by atoms with Crippen molar-refractivity contribution in [3.8, 4) is 17.2 Å². The number of fused-ring (bicyclic) bond motifs is 1. The van der Waals surface area contributed by atoms with Crippen molar-refractivity contribution >= 4 is 47.8 Å². The second-order valence-electron chi connectivity index (χ2n) is 14.4. The lowest BCUT2D eigenvalue weighted by molar-refractivity contribution is -0.636. The average molecular weight is 871 g/mol. The summed E-state index contributed by atoms with van der Waals surface area (Å²) in [5, 5.41) is 122. The Balaban J connectivity index is 1.30. The van der Waals surface area contributed by atoms with Crippen LogP contribution in [0.4, 0.5) is 5.69 Å². The monoisotopic (exact) mass is 870 g/mol. The van der Waals surface area contributed by atoms with Crippen molar-refractivity contribution in [3.05, 3.63) is 77.0 Å². The molecule has 0 saturated carbocycles. The summed E-state index contributed by atoms with van der Waals surface area (Å²) in [5.74, 6) is -9.42. The van der Waals surface area contributed by atoms with Gasteiger partial charge in [-0.2, -0.15) is 4.58 Å². The van der Waals surface area contributed by atoms with Gasteiger partial charge in [0.1, 0.15) is 60.1 Å². The van der Waals surface area contributed by atoms with Gasteiger partial charge >= 0.3 is 11.9 Å². The fourth-order valence-electron chi connectivity index (χ4n) is 7.12. The third kappa shape index (κ3) is 9.75. The molecular formula is C39H38N2O21-2. The van der Waals surface area contributed by atoms with Crippen molar-refractivity contribution in [2.45, 2.75) is 86.3 Å². The van der Waals surface area contributed by atoms with Crippen molar-refractivity contribution in [2.24, 2.45) is 0 Å². The molecule has 2 saturated heterocycles. The minimum absolute atomic E-state index is 0.0105. The highest BCUT2D eigenvalue weighted by Crippen LogP contribution is 2.40. The summed E-state index contributed by atoms with van der Waals surface area (Å²) in [6.45, 7) is -0.942. The van der Waals surface area contributed by atoms with Crippen molar-refractivity contribution in [2.75, 3.05) is 6.61 Å². The molecular weight excluding hydrogens is 832 g/mol. The second-order valence-corrected chi connectivity index (χ2v) is 14.4. The van der Waals surface area contributed by atoms with Gasteiger partial charge in [0.05, 0.1) is 18.5 Å². The Morgan fingerprint density at radius 1 is 0.871 bits per heavy atom. The standard InChI is InChI=1S/C39H40N2O21/c42-14-25-27(46)28(47)33(62-39-32(30(49)29(48)31(61-39)37(56)57)60-26(45)6-3-15-1-4-18(43)5-2-15)38(59-25)58-24-12-17-11-22(36(54)55)41(21(17)13-23(24)44)8-7-16-9-19(34(50)51)40-20(10-16)35(52)53/h1-9,12-13,20,22,25,27-33,38-39,42,46-49H,10-11,14H2,(H6,43,44,45,50,51,52,53,54,55,56,57)/p-2/t20-,22-,25+,27+,28-,29-,30-,31-,32+,33+,38+,39-/m0/s1. The Kier molecular flexibility index (Phi) is 13.7. The molecule has 4 aliphatic heterocycles. The number of aromatic hydroxyl groups is 1. The highest BCUT2D eigenvalue weighted by molar-refractivity contribution is 5.87. The Labute approximate surface area is 348 Å². The number of carbonyl (C=O) groups excluding carboxylic acids is 4. The van der Waals surface area contributed by atoms with E-state index in [2.05, 4.69) is 0 Å². The molecule has 0 amide bonds. The van der Waals surface area contributed by atoms with Crippen molar-refractivity contribution in [1.29, 1.82) is 0 Å². The van der Waals surface area contributed by atoms with E-state index in [9.17, 15) is 80.1 Å². The molecule has 0 bridgehead atoms. The van der Waals surface area contributed by atoms with E-state index in [1.165, 1.54) is 48.7 Å². The van der Waals surface area contributed by atoms with Crippen LogP contribution in [0, 0.1) is 0 Å². The molecule has 2 fully saturated rings. The molecule has 0 unspecified atom stereocenters. The largest absolute Gasteiger partial charge is 0.870 e. The number of nitrogens with two attached hydrogens (primary N) is 1. The SMILES string of the molecule is O=C(/C=C/c1ccc(O)cc1)O[C@H]1[C@H](O[C@H]2[C@H](Oc3cc4c(cc3[O-])[N+](=C/C=C3/C=C(C(=O)O)[NH2+][C@H](C(=O)[O-])C3)[C@H](C(=O)[O-])C4)O[C@H](CO)[C@@H](O)[C@@H]2O)O[C@H](C(=O)[O-])[C@@H](O)[C@@H]1O. The van der Waals surface area contributed by atoms with Gasteiger partial charge in [-0.3, -0.25) is 0 Å². The van der Waals surface area contributed by atoms with Gasteiger partial charge < -0.3 is 99.6 Å². The van der Waals surface area contributed by atoms with E-state index in [4.69, 9.17) is 23.7 Å². The molecule has 4 heterocycles. The van der Waals surface area contributed by atoms with Crippen LogP contribution < -0.4 is 30.5 Å². The van der Waals surface area contributed by atoms with E-state index in [-0.39, 0.29) is 41.1 Å². The number of rotatable bonds is 13. The van der Waals surface area contributed by atoms with Crippen LogP contribution in [-0.4, -0.2) is 156 Å². The topological polar surface area (TPSA) is 385 Å². The number of aliphatic hydroxyl groups is 5. The van der Waals surface area contributed by atoms with Gasteiger partial charge in [0.2, 0.25) is 23.7 Å². The number of hydrogen-bond acceptors (Lipinski definition) is 20. The van der Waals surface area contributed by atoms with E-state index in [1.807, 2.05) is 0 Å². The van der Waals surface area contributed by atoms with Crippen LogP contribution in [0.2, 0.25) is 0 Å². The van der Waals surface area contributed by atoms with Crippen LogP contribution >= 0.6 is 0 Å². The molecule has 23 nitrogen and oxygen atoms in total. The summed E-state index contributed by atoms with van der Waals surface area (Å²) in [4.78, 5) is 60.2. The summed E-state index contributed by atoms with van der Waals surface area (Å²) in [6, 6.07) is 4.78. The minimum Gasteiger partial charge on any atom is -0.870 e. The molecule has 4 aliphatic rings. The lowest BCUT2D eigenvalue weighted by Crippen LogP contribution is -2.93. The first-order chi connectivity index (χ1) is 29.4. The maximum atomic E-state index is 13.6. The lowest BCUT2D eigenvalue weighted by atomic mass is 9.97. The second kappa shape index (κ2) is 18.8. The Bertz CT molecular complexity index is 2200. The first-order valence-electron chi connectivity index (χ1n) is 18.6. The minimum atomic E-state index is -2.33. The van der Waals surface area contributed by atoms with Crippen molar-refractivity contribution in [1.82, 2.24) is 0 Å². The van der Waals surface area contributed by atoms with Gasteiger partial charge in [-0.25, -0.2) is 9.59 Å². The quantitative estimate of drug-likeness (QED) is 0.0526. The number of carbonyl (C=O) groups is 5. The van der Waals surface area contributed by atoms with E-state index < -0.39 is 121 Å². The van der Waals surface area contributed by atoms with Crippen molar-refractivity contribution in [3.63, 3.8) is 0 Å². The van der Waals surface area contributed by atoms with Crippen molar-refractivity contribution < 1.29 is 114 Å². The molecule has 9 N–H and O–H groups in total. The van der Waals surface area contributed by atoms with Crippen LogP contribution in [0.3, 0.4) is 0 Å². The zero-order valence-electron chi connectivity index (χ0n) is 31.8. The van der Waals surface area contributed by atoms with Gasteiger partial charge in [-0.15, -0.1) is 0 Å². The van der Waals surface area contributed by atoms with E-state index in [1.54, 1.807) is 0 Å². The number of quaternary nitrogens is 1. The van der Waals surface area contributed by atoms with Gasteiger partial charge in [0.15, 0.2) is 24.7 Å². The number of aliphatic carboxylic acids is 4. The van der Waals surface area contributed by atoms with Gasteiger partial charge in [0, 0.05) is 42.7 Å². The Hall–Kier alpha value is -6.28. The average Bonchev–Trinajstić information content (AvgIpc) is 3.58. The predicted molar refractivity (Wildman–Crippen MR) is 189 cm³/mol. The van der Waals surface area contributed by atoms with Crippen LogP contribution in [0.1, 0.15) is 17.5 Å². The molecule has 0 spiro atoms. The van der Waals surface area contributed by atoms with Gasteiger partial charge in [-0.1, -0.05) is 17.9 Å². The fraction of sp³-hybridized carbons (Fsp3) is 0.385. The number of phenolic OH excluding ortho intramolecular Hbond substituents is 1. The third-order valence-electron chi connectivity index (χ3n) is 10.3. The number of benzene rings is 2. The van der Waals surface area contributed by atoms with Gasteiger partial charge in [-0.05, 0) is 35.4 Å². The van der Waals surface area contributed by atoms with E-state index >= 15 is 0 Å². The van der Waals surface area contributed by atoms with Crippen LogP contribution in [0.15, 0.2) is 65.9 Å². The van der Waals surface area contributed by atoms with E-state index in [0.717, 1.165) is 28.1 Å².